The Bertz CT molecular complexity index is 940. The molecule has 0 bridgehead atoms. The van der Waals surface area contributed by atoms with Crippen molar-refractivity contribution < 1.29 is 60.4 Å². The molecule has 1 aromatic rings. The van der Waals surface area contributed by atoms with Gasteiger partial charge < -0.3 is 25.0 Å². The lowest BCUT2D eigenvalue weighted by atomic mass is 10.0. The third kappa shape index (κ3) is 13.1. The Morgan fingerprint density at radius 1 is 1.00 bits per heavy atom. The van der Waals surface area contributed by atoms with Crippen LogP contribution < -0.4 is 5.32 Å². The normalized spacial score (nSPS) is 20.5. The summed E-state index contributed by atoms with van der Waals surface area (Å²) in [4.78, 5) is 38.6. The third-order valence-corrected chi connectivity index (χ3v) is 5.22. The molecule has 0 aromatic carbocycles. The van der Waals surface area contributed by atoms with Crippen molar-refractivity contribution in [1.29, 1.82) is 0 Å². The fourth-order valence-electron chi connectivity index (χ4n) is 3.56. The largest absolute Gasteiger partial charge is 0.490 e. The van der Waals surface area contributed by atoms with E-state index in [0.717, 1.165) is 37.6 Å². The second-order valence-corrected chi connectivity index (χ2v) is 8.55. The molecule has 11 nitrogen and oxygen atoms in total. The predicted octanol–water partition coefficient (Wildman–Crippen LogP) is 1.31. The van der Waals surface area contributed by atoms with Crippen molar-refractivity contribution in [3.63, 3.8) is 0 Å². The summed E-state index contributed by atoms with van der Waals surface area (Å²) in [6.07, 6.45) is -10.2. The number of alkyl halides is 6. The molecule has 2 saturated heterocycles. The number of pyridine rings is 1. The standard InChI is InChI=1S/C18H28N4O3.2C2HF3O2/c1-15-4-3-5-16(20-15)10-21-7-9-25-18(12-21)13-22(6-8-24-14-18)11-17(23)19-2;2*3-2(4,5)1(6)7/h3-5H,6-14H2,1-2H3,(H,19,23);2*(H,6,7). The summed E-state index contributed by atoms with van der Waals surface area (Å²) >= 11 is 0. The minimum absolute atomic E-state index is 0.0219. The first-order chi connectivity index (χ1) is 18.0. The van der Waals surface area contributed by atoms with Gasteiger partial charge in [0.05, 0.1) is 32.1 Å². The molecular formula is C22H30F6N4O7. The van der Waals surface area contributed by atoms with Crippen molar-refractivity contribution in [1.82, 2.24) is 20.1 Å². The predicted molar refractivity (Wildman–Crippen MR) is 122 cm³/mol. The number of nitrogens with zero attached hydrogens (tertiary/aromatic N) is 3. The van der Waals surface area contributed by atoms with E-state index in [-0.39, 0.29) is 11.5 Å². The molecule has 0 saturated carbocycles. The highest BCUT2D eigenvalue weighted by Gasteiger charge is 2.41. The van der Waals surface area contributed by atoms with E-state index in [1.54, 1.807) is 7.05 Å². The van der Waals surface area contributed by atoms with Gasteiger partial charge in [-0.1, -0.05) is 6.07 Å². The number of carbonyl (C=O) groups excluding carboxylic acids is 1. The van der Waals surface area contributed by atoms with Crippen LogP contribution in [0.4, 0.5) is 26.3 Å². The van der Waals surface area contributed by atoms with Gasteiger partial charge in [-0.15, -0.1) is 0 Å². The molecule has 1 spiro atoms. The summed E-state index contributed by atoms with van der Waals surface area (Å²) in [7, 11) is 1.67. The van der Waals surface area contributed by atoms with Crippen molar-refractivity contribution in [2.24, 2.45) is 0 Å². The molecule has 222 valence electrons. The van der Waals surface area contributed by atoms with Crippen LogP contribution in [0, 0.1) is 6.92 Å². The van der Waals surface area contributed by atoms with Crippen LogP contribution in [-0.4, -0.2) is 120 Å². The number of rotatable bonds is 4. The highest BCUT2D eigenvalue weighted by Crippen LogP contribution is 2.23. The van der Waals surface area contributed by atoms with Crippen molar-refractivity contribution in [2.75, 3.05) is 59.6 Å². The van der Waals surface area contributed by atoms with Gasteiger partial charge in [0.2, 0.25) is 5.91 Å². The van der Waals surface area contributed by atoms with Crippen molar-refractivity contribution in [3.05, 3.63) is 29.6 Å². The molecule has 39 heavy (non-hydrogen) atoms. The lowest BCUT2D eigenvalue weighted by molar-refractivity contribution is -0.193. The Balaban J connectivity index is 0.000000449. The van der Waals surface area contributed by atoms with E-state index in [0.29, 0.717) is 32.9 Å². The van der Waals surface area contributed by atoms with Crippen molar-refractivity contribution in [3.8, 4) is 0 Å². The number of carboxylic acids is 2. The maximum atomic E-state index is 11.7. The Kier molecular flexibility index (Phi) is 13.0. The van der Waals surface area contributed by atoms with Crippen LogP contribution in [0.25, 0.3) is 0 Å². The van der Waals surface area contributed by atoms with Gasteiger partial charge in [0, 0.05) is 45.5 Å². The zero-order chi connectivity index (χ0) is 29.9. The second-order valence-electron chi connectivity index (χ2n) is 8.55. The van der Waals surface area contributed by atoms with Gasteiger partial charge in [0.15, 0.2) is 0 Å². The number of ether oxygens (including phenoxy) is 2. The number of halogens is 6. The molecule has 1 atom stereocenters. The number of likely N-dealkylation sites (N-methyl/N-ethyl adjacent to an activating group) is 1. The summed E-state index contributed by atoms with van der Waals surface area (Å²) < 4.78 is 75.4. The third-order valence-electron chi connectivity index (χ3n) is 5.22. The summed E-state index contributed by atoms with van der Waals surface area (Å²) in [5.74, 6) is -5.49. The number of carboxylic acid groups (broad SMARTS) is 2. The summed E-state index contributed by atoms with van der Waals surface area (Å²) in [5.41, 5.74) is 1.73. The van der Waals surface area contributed by atoms with Crippen LogP contribution in [0.2, 0.25) is 0 Å². The fraction of sp³-hybridized carbons (Fsp3) is 0.636. The van der Waals surface area contributed by atoms with E-state index >= 15 is 0 Å². The monoisotopic (exact) mass is 576 g/mol. The maximum absolute atomic E-state index is 11.7. The molecule has 1 amide bonds. The van der Waals surface area contributed by atoms with Crippen molar-refractivity contribution in [2.45, 2.75) is 31.4 Å². The zero-order valence-electron chi connectivity index (χ0n) is 21.1. The van der Waals surface area contributed by atoms with Gasteiger partial charge in [-0.05, 0) is 19.1 Å². The van der Waals surface area contributed by atoms with Crippen molar-refractivity contribution >= 4 is 17.8 Å². The van der Waals surface area contributed by atoms with Crippen LogP contribution in [-0.2, 0) is 30.4 Å². The minimum atomic E-state index is -5.08. The van der Waals surface area contributed by atoms with Crippen LogP contribution in [0.3, 0.4) is 0 Å². The van der Waals surface area contributed by atoms with Gasteiger partial charge in [-0.3, -0.25) is 19.6 Å². The van der Waals surface area contributed by atoms with E-state index < -0.39 is 24.3 Å². The Morgan fingerprint density at radius 2 is 1.54 bits per heavy atom. The SMILES string of the molecule is CNC(=O)CN1CCOCC2(C1)CN(Cc1cccc(C)n1)CCO2.O=C(O)C(F)(F)F.O=C(O)C(F)(F)F. The van der Waals surface area contributed by atoms with Gasteiger partial charge in [-0.2, -0.15) is 26.3 Å². The highest BCUT2D eigenvalue weighted by atomic mass is 19.4. The number of aliphatic carboxylic acids is 2. The molecule has 3 N–H and O–H groups in total. The second kappa shape index (κ2) is 14.9. The first-order valence-electron chi connectivity index (χ1n) is 11.4. The summed E-state index contributed by atoms with van der Waals surface area (Å²) in [6, 6.07) is 6.13. The molecular weight excluding hydrogens is 546 g/mol. The molecule has 1 aromatic heterocycles. The summed E-state index contributed by atoms with van der Waals surface area (Å²) in [5, 5.41) is 16.9. The molecule has 0 aliphatic carbocycles. The average molecular weight is 576 g/mol. The first kappa shape index (κ1) is 34.0. The quantitative estimate of drug-likeness (QED) is 0.450. The Morgan fingerprint density at radius 3 is 2.05 bits per heavy atom. The molecule has 2 aliphatic rings. The van der Waals surface area contributed by atoms with E-state index in [4.69, 9.17) is 29.3 Å². The lowest BCUT2D eigenvalue weighted by Gasteiger charge is -2.43. The molecule has 0 radical (unpaired) electrons. The van der Waals surface area contributed by atoms with E-state index in [2.05, 4.69) is 26.2 Å². The minimum Gasteiger partial charge on any atom is -0.475 e. The number of hydrogen-bond donors (Lipinski definition) is 3. The number of nitrogens with one attached hydrogen (secondary N) is 1. The van der Waals surface area contributed by atoms with Crippen LogP contribution in [0.1, 0.15) is 11.4 Å². The molecule has 2 fully saturated rings. The number of amides is 1. The van der Waals surface area contributed by atoms with E-state index in [1.165, 1.54) is 0 Å². The van der Waals surface area contributed by atoms with E-state index in [1.807, 2.05) is 19.1 Å². The Labute approximate surface area is 219 Å². The highest BCUT2D eigenvalue weighted by molar-refractivity contribution is 5.77. The number of carbonyl (C=O) groups is 3. The Hall–Kier alpha value is -3.02. The molecule has 1 unspecified atom stereocenters. The average Bonchev–Trinajstić information content (AvgIpc) is 3.00. The molecule has 2 aliphatic heterocycles. The van der Waals surface area contributed by atoms with Gasteiger partial charge in [0.25, 0.3) is 0 Å². The van der Waals surface area contributed by atoms with Crippen LogP contribution in [0.15, 0.2) is 18.2 Å². The molecule has 3 heterocycles. The molecule has 3 rings (SSSR count). The summed E-state index contributed by atoms with van der Waals surface area (Å²) in [6.45, 7) is 8.18. The lowest BCUT2D eigenvalue weighted by Crippen LogP contribution is -2.59. The molecule has 17 heteroatoms. The van der Waals surface area contributed by atoms with Gasteiger partial charge >= 0.3 is 24.3 Å². The number of aromatic nitrogens is 1. The maximum Gasteiger partial charge on any atom is 0.490 e. The van der Waals surface area contributed by atoms with Crippen LogP contribution in [0.5, 0.6) is 0 Å². The number of aryl methyl sites for hydroxylation is 1. The van der Waals surface area contributed by atoms with Gasteiger partial charge in [0.1, 0.15) is 5.60 Å². The smallest absolute Gasteiger partial charge is 0.475 e. The van der Waals surface area contributed by atoms with Crippen LogP contribution >= 0.6 is 0 Å². The van der Waals surface area contributed by atoms with Gasteiger partial charge in [-0.25, -0.2) is 9.59 Å². The number of hydrogen-bond acceptors (Lipinski definition) is 8. The van der Waals surface area contributed by atoms with E-state index in [9.17, 15) is 31.1 Å². The topological polar surface area (TPSA) is 142 Å². The number of morpholine rings is 1. The zero-order valence-corrected chi connectivity index (χ0v) is 21.1. The fourth-order valence-corrected chi connectivity index (χ4v) is 3.56. The first-order valence-corrected chi connectivity index (χ1v) is 11.4.